The summed E-state index contributed by atoms with van der Waals surface area (Å²) in [7, 11) is 0. The van der Waals surface area contributed by atoms with Crippen LogP contribution in [0, 0.1) is 0 Å². The Hall–Kier alpha value is -1.29. The molecule has 0 fully saturated rings. The molecule has 0 aliphatic carbocycles. The van der Waals surface area contributed by atoms with Crippen LogP contribution in [-0.2, 0) is 5.41 Å². The summed E-state index contributed by atoms with van der Waals surface area (Å²) in [5.41, 5.74) is 2.13. The molecule has 2 aromatic rings. The molecule has 1 atom stereocenters. The van der Waals surface area contributed by atoms with Crippen LogP contribution in [0.1, 0.15) is 46.2 Å². The van der Waals surface area contributed by atoms with Crippen molar-refractivity contribution in [1.29, 1.82) is 0 Å². The lowest BCUT2D eigenvalue weighted by Crippen LogP contribution is -2.16. The molecule has 4 nitrogen and oxygen atoms in total. The van der Waals surface area contributed by atoms with E-state index in [1.807, 2.05) is 10.7 Å². The van der Waals surface area contributed by atoms with E-state index in [-0.39, 0.29) is 5.41 Å². The maximum Gasteiger partial charge on any atom is 0.152 e. The minimum atomic E-state index is 0.0352. The van der Waals surface area contributed by atoms with Crippen molar-refractivity contribution < 1.29 is 0 Å². The van der Waals surface area contributed by atoms with Crippen LogP contribution in [-0.4, -0.2) is 26.5 Å². The third-order valence-electron chi connectivity index (χ3n) is 3.31. The molecule has 0 bridgehead atoms. The summed E-state index contributed by atoms with van der Waals surface area (Å²) in [6, 6.07) is 2.46. The highest BCUT2D eigenvalue weighted by atomic mass is 35.5. The van der Waals surface area contributed by atoms with Gasteiger partial charge in [0.15, 0.2) is 5.82 Å². The van der Waals surface area contributed by atoms with E-state index in [1.54, 1.807) is 6.20 Å². The smallest absolute Gasteiger partial charge is 0.152 e. The van der Waals surface area contributed by atoms with Gasteiger partial charge in [-0.3, -0.25) is 0 Å². The van der Waals surface area contributed by atoms with Crippen LogP contribution in [0.2, 0.25) is 0 Å². The molecule has 0 spiro atoms. The first-order valence-electron chi connectivity index (χ1n) is 7.09. The van der Waals surface area contributed by atoms with Gasteiger partial charge in [0.1, 0.15) is 5.52 Å². The van der Waals surface area contributed by atoms with Gasteiger partial charge < -0.3 is 5.32 Å². The number of hydrogen-bond acceptors (Lipinski definition) is 3. The highest BCUT2D eigenvalue weighted by Gasteiger charge is 2.19. The average Bonchev–Trinajstić information content (AvgIpc) is 2.81. The summed E-state index contributed by atoms with van der Waals surface area (Å²) in [6.45, 7) is 8.65. The van der Waals surface area contributed by atoms with Crippen LogP contribution in [0.25, 0.3) is 5.52 Å². The number of nitrogens with zero attached hydrogens (tertiary/aromatic N) is 3. The summed E-state index contributed by atoms with van der Waals surface area (Å²) >= 11 is 5.74. The van der Waals surface area contributed by atoms with Crippen LogP contribution >= 0.6 is 11.6 Å². The number of fused-ring (bicyclic) bond motifs is 1. The largest absolute Gasteiger partial charge is 0.366 e. The van der Waals surface area contributed by atoms with E-state index in [4.69, 9.17) is 11.6 Å². The maximum absolute atomic E-state index is 5.74. The topological polar surface area (TPSA) is 42.2 Å². The molecular formula is C15H23ClN4. The van der Waals surface area contributed by atoms with Gasteiger partial charge in [-0.1, -0.05) is 20.8 Å². The number of nitrogens with one attached hydrogen (secondary N) is 1. The van der Waals surface area contributed by atoms with E-state index in [1.165, 1.54) is 0 Å². The number of rotatable bonds is 5. The zero-order valence-electron chi connectivity index (χ0n) is 12.7. The number of aromatic nitrogens is 3. The van der Waals surface area contributed by atoms with Crippen molar-refractivity contribution in [3.05, 3.63) is 24.2 Å². The SMILES string of the molecule is CC(CCCCl)Nc1nccn2nc(C(C)(C)C)cc12. The fraction of sp³-hybridized carbons (Fsp3) is 0.600. The normalized spacial score (nSPS) is 13.7. The summed E-state index contributed by atoms with van der Waals surface area (Å²) in [5, 5.41) is 8.08. The van der Waals surface area contributed by atoms with E-state index in [9.17, 15) is 0 Å². The molecule has 2 aromatic heterocycles. The minimum absolute atomic E-state index is 0.0352. The molecule has 2 rings (SSSR count). The molecule has 0 radical (unpaired) electrons. The maximum atomic E-state index is 5.74. The van der Waals surface area contributed by atoms with Crippen LogP contribution < -0.4 is 5.32 Å². The second kappa shape index (κ2) is 6.00. The lowest BCUT2D eigenvalue weighted by Gasteiger charge is -2.14. The van der Waals surface area contributed by atoms with Crippen molar-refractivity contribution in [1.82, 2.24) is 14.6 Å². The van der Waals surface area contributed by atoms with E-state index in [0.717, 1.165) is 29.9 Å². The number of alkyl halides is 1. The molecular weight excluding hydrogens is 272 g/mol. The van der Waals surface area contributed by atoms with Crippen molar-refractivity contribution in [3.8, 4) is 0 Å². The molecule has 0 aliphatic rings. The van der Waals surface area contributed by atoms with Gasteiger partial charge in [0, 0.05) is 29.7 Å². The Morgan fingerprint density at radius 1 is 1.40 bits per heavy atom. The summed E-state index contributed by atoms with van der Waals surface area (Å²) in [4.78, 5) is 4.45. The Kier molecular flexibility index (Phi) is 4.53. The highest BCUT2D eigenvalue weighted by molar-refractivity contribution is 6.17. The number of halogens is 1. The van der Waals surface area contributed by atoms with E-state index >= 15 is 0 Å². The standard InChI is InChI=1S/C15H23ClN4/c1-11(6-5-7-16)18-14-12-10-13(15(2,3)4)19-20(12)9-8-17-14/h8-11H,5-7H2,1-4H3,(H,17,18). The molecule has 2 heterocycles. The third-order valence-corrected chi connectivity index (χ3v) is 3.58. The van der Waals surface area contributed by atoms with E-state index in [2.05, 4.69) is 49.2 Å². The lowest BCUT2D eigenvalue weighted by atomic mass is 9.92. The molecule has 1 N–H and O–H groups in total. The molecule has 0 saturated heterocycles. The average molecular weight is 295 g/mol. The van der Waals surface area contributed by atoms with Gasteiger partial charge in [0.2, 0.25) is 0 Å². The van der Waals surface area contributed by atoms with Crippen molar-refractivity contribution in [2.24, 2.45) is 0 Å². The molecule has 0 aliphatic heterocycles. The van der Waals surface area contributed by atoms with Crippen molar-refractivity contribution in [2.75, 3.05) is 11.2 Å². The monoisotopic (exact) mass is 294 g/mol. The molecule has 5 heteroatoms. The first kappa shape index (κ1) is 15.1. The van der Waals surface area contributed by atoms with Gasteiger partial charge in [0.25, 0.3) is 0 Å². The first-order chi connectivity index (χ1) is 9.41. The Labute approximate surface area is 125 Å². The molecule has 0 aromatic carbocycles. The van der Waals surface area contributed by atoms with Gasteiger partial charge in [0.05, 0.1) is 5.69 Å². The molecule has 0 saturated carbocycles. The quantitative estimate of drug-likeness (QED) is 0.852. The molecule has 1 unspecified atom stereocenters. The Bertz CT molecular complexity index is 571. The van der Waals surface area contributed by atoms with Crippen molar-refractivity contribution in [3.63, 3.8) is 0 Å². The first-order valence-corrected chi connectivity index (χ1v) is 7.62. The fourth-order valence-corrected chi connectivity index (χ4v) is 2.24. The van der Waals surface area contributed by atoms with Gasteiger partial charge in [-0.05, 0) is 25.8 Å². The second-order valence-corrected chi connectivity index (χ2v) is 6.64. The predicted octanol–water partition coefficient (Wildman–Crippen LogP) is 3.85. The Morgan fingerprint density at radius 3 is 2.80 bits per heavy atom. The van der Waals surface area contributed by atoms with Gasteiger partial charge in [-0.15, -0.1) is 11.6 Å². The third kappa shape index (κ3) is 3.42. The highest BCUT2D eigenvalue weighted by Crippen LogP contribution is 2.25. The summed E-state index contributed by atoms with van der Waals surface area (Å²) in [6.07, 6.45) is 5.71. The van der Waals surface area contributed by atoms with Crippen molar-refractivity contribution in [2.45, 2.75) is 52.0 Å². The van der Waals surface area contributed by atoms with Crippen LogP contribution in [0.3, 0.4) is 0 Å². The fourth-order valence-electron chi connectivity index (χ4n) is 2.09. The van der Waals surface area contributed by atoms with E-state index in [0.29, 0.717) is 11.9 Å². The van der Waals surface area contributed by atoms with E-state index < -0.39 is 0 Å². The summed E-state index contributed by atoms with van der Waals surface area (Å²) in [5.74, 6) is 1.59. The van der Waals surface area contributed by atoms with Crippen LogP contribution in [0.5, 0.6) is 0 Å². The van der Waals surface area contributed by atoms with Gasteiger partial charge in [-0.2, -0.15) is 5.10 Å². The number of hydrogen-bond donors (Lipinski definition) is 1. The Balaban J connectivity index is 2.27. The summed E-state index contributed by atoms with van der Waals surface area (Å²) < 4.78 is 1.89. The molecule has 20 heavy (non-hydrogen) atoms. The van der Waals surface area contributed by atoms with Gasteiger partial charge in [-0.25, -0.2) is 9.50 Å². The zero-order valence-corrected chi connectivity index (χ0v) is 13.4. The molecule has 0 amide bonds. The van der Waals surface area contributed by atoms with Gasteiger partial charge >= 0.3 is 0 Å². The Morgan fingerprint density at radius 2 is 2.15 bits per heavy atom. The predicted molar refractivity (Wildman–Crippen MR) is 84.7 cm³/mol. The second-order valence-electron chi connectivity index (χ2n) is 6.26. The van der Waals surface area contributed by atoms with Crippen molar-refractivity contribution >= 4 is 22.9 Å². The van der Waals surface area contributed by atoms with Crippen LogP contribution in [0.4, 0.5) is 5.82 Å². The lowest BCUT2D eigenvalue weighted by molar-refractivity contribution is 0.562. The zero-order chi connectivity index (χ0) is 14.8. The van der Waals surface area contributed by atoms with Crippen LogP contribution in [0.15, 0.2) is 18.5 Å². The molecule has 110 valence electrons. The number of anilines is 1. The minimum Gasteiger partial charge on any atom is -0.366 e.